The Balaban J connectivity index is 3.12. The molecule has 0 amide bonds. The van der Waals surface area contributed by atoms with Gasteiger partial charge in [0.1, 0.15) is 5.69 Å². The van der Waals surface area contributed by atoms with E-state index in [9.17, 15) is 10.1 Å². The van der Waals surface area contributed by atoms with Crippen molar-refractivity contribution in [2.45, 2.75) is 0 Å². The third-order valence-corrected chi connectivity index (χ3v) is 2.28. The van der Waals surface area contributed by atoms with E-state index in [1.165, 1.54) is 17.0 Å². The number of aliphatic hydroxyl groups excluding tert-OH is 2. The summed E-state index contributed by atoms with van der Waals surface area (Å²) in [6.07, 6.45) is 0. The summed E-state index contributed by atoms with van der Waals surface area (Å²) in [4.78, 5) is 11.9. The van der Waals surface area contributed by atoms with E-state index < -0.39 is 4.92 Å². The molecule has 7 nitrogen and oxygen atoms in total. The molecule has 0 aromatic heterocycles. The lowest BCUT2D eigenvalue weighted by atomic mass is 10.2. The number of nitrogens with zero attached hydrogens (tertiary/aromatic N) is 2. The first-order valence-electron chi connectivity index (χ1n) is 5.10. The van der Waals surface area contributed by atoms with Crippen molar-refractivity contribution in [3.63, 3.8) is 0 Å². The van der Waals surface area contributed by atoms with Gasteiger partial charge in [-0.05, 0) is 12.1 Å². The van der Waals surface area contributed by atoms with E-state index in [1.807, 2.05) is 0 Å². The van der Waals surface area contributed by atoms with Gasteiger partial charge in [0.15, 0.2) is 0 Å². The van der Waals surface area contributed by atoms with Crippen molar-refractivity contribution in [3.05, 3.63) is 28.3 Å². The Morgan fingerprint density at radius 3 is 2.35 bits per heavy atom. The molecule has 17 heavy (non-hydrogen) atoms. The Hall–Kier alpha value is -1.86. The number of nitrogens with two attached hydrogens (primary N) is 1. The molecule has 1 aromatic rings. The van der Waals surface area contributed by atoms with Gasteiger partial charge in [-0.1, -0.05) is 0 Å². The lowest BCUT2D eigenvalue weighted by Gasteiger charge is -2.22. The fourth-order valence-corrected chi connectivity index (χ4v) is 1.55. The molecule has 0 spiro atoms. The molecular weight excluding hydrogens is 226 g/mol. The van der Waals surface area contributed by atoms with E-state index in [4.69, 9.17) is 15.9 Å². The number of hydrogen-bond donors (Lipinski definition) is 3. The van der Waals surface area contributed by atoms with Gasteiger partial charge >= 0.3 is 0 Å². The third-order valence-electron chi connectivity index (χ3n) is 2.28. The van der Waals surface area contributed by atoms with Crippen LogP contribution in [-0.2, 0) is 0 Å². The van der Waals surface area contributed by atoms with Crippen molar-refractivity contribution in [2.75, 3.05) is 36.9 Å². The Labute approximate surface area is 98.2 Å². The monoisotopic (exact) mass is 241 g/mol. The average molecular weight is 241 g/mol. The Kier molecular flexibility index (Phi) is 4.68. The molecule has 0 saturated heterocycles. The molecule has 1 rings (SSSR count). The van der Waals surface area contributed by atoms with Gasteiger partial charge in [0, 0.05) is 24.8 Å². The van der Waals surface area contributed by atoms with Gasteiger partial charge in [-0.2, -0.15) is 0 Å². The van der Waals surface area contributed by atoms with Crippen LogP contribution in [0.2, 0.25) is 0 Å². The lowest BCUT2D eigenvalue weighted by molar-refractivity contribution is -0.384. The molecule has 0 saturated carbocycles. The first-order chi connectivity index (χ1) is 8.10. The molecule has 7 heteroatoms. The summed E-state index contributed by atoms with van der Waals surface area (Å²) in [5.74, 6) is 0. The highest BCUT2D eigenvalue weighted by Crippen LogP contribution is 2.29. The third kappa shape index (κ3) is 3.30. The molecular formula is C10H15N3O4. The van der Waals surface area contributed by atoms with E-state index in [2.05, 4.69) is 0 Å². The molecule has 0 radical (unpaired) electrons. The molecule has 0 aliphatic heterocycles. The minimum absolute atomic E-state index is 0.132. The maximum absolute atomic E-state index is 10.9. The fourth-order valence-electron chi connectivity index (χ4n) is 1.55. The quantitative estimate of drug-likeness (QED) is 0.366. The molecule has 0 heterocycles. The fraction of sp³-hybridized carbons (Fsp3) is 0.400. The maximum atomic E-state index is 10.9. The first kappa shape index (κ1) is 13.2. The molecule has 0 aliphatic carbocycles. The number of rotatable bonds is 6. The summed E-state index contributed by atoms with van der Waals surface area (Å²) >= 11 is 0. The van der Waals surface area contributed by atoms with Crippen LogP contribution in [0.5, 0.6) is 0 Å². The average Bonchev–Trinajstić information content (AvgIpc) is 2.28. The standard InChI is InChI=1S/C10H15N3O4/c11-8-1-2-9(10(7-8)13(16)17)12(3-5-14)4-6-15/h1-2,7,14-15H,3-6,11H2. The summed E-state index contributed by atoms with van der Waals surface area (Å²) in [5.41, 5.74) is 6.00. The first-order valence-corrected chi connectivity index (χ1v) is 5.10. The van der Waals surface area contributed by atoms with Crippen molar-refractivity contribution in [2.24, 2.45) is 0 Å². The summed E-state index contributed by atoms with van der Waals surface area (Å²) < 4.78 is 0. The zero-order valence-corrected chi connectivity index (χ0v) is 9.24. The number of nitrogen functional groups attached to an aromatic ring is 1. The minimum Gasteiger partial charge on any atom is -0.399 e. The van der Waals surface area contributed by atoms with Gasteiger partial charge in [0.05, 0.1) is 18.1 Å². The highest BCUT2D eigenvalue weighted by molar-refractivity contribution is 5.68. The van der Waals surface area contributed by atoms with E-state index in [1.54, 1.807) is 6.07 Å². The van der Waals surface area contributed by atoms with Crippen LogP contribution in [0.1, 0.15) is 0 Å². The van der Waals surface area contributed by atoms with Crippen molar-refractivity contribution >= 4 is 17.1 Å². The molecule has 0 atom stereocenters. The second-order valence-electron chi connectivity index (χ2n) is 3.44. The van der Waals surface area contributed by atoms with Gasteiger partial charge in [0.25, 0.3) is 5.69 Å². The molecule has 4 N–H and O–H groups in total. The van der Waals surface area contributed by atoms with Crippen LogP contribution in [-0.4, -0.2) is 41.4 Å². The summed E-state index contributed by atoms with van der Waals surface area (Å²) in [6, 6.07) is 4.32. The topological polar surface area (TPSA) is 113 Å². The molecule has 94 valence electrons. The summed E-state index contributed by atoms with van der Waals surface area (Å²) in [5, 5.41) is 28.7. The van der Waals surface area contributed by atoms with Crippen molar-refractivity contribution in [3.8, 4) is 0 Å². The van der Waals surface area contributed by atoms with Crippen LogP contribution in [0.15, 0.2) is 18.2 Å². The van der Waals surface area contributed by atoms with Gasteiger partial charge in [-0.3, -0.25) is 10.1 Å². The highest BCUT2D eigenvalue weighted by Gasteiger charge is 2.19. The van der Waals surface area contributed by atoms with Crippen LogP contribution >= 0.6 is 0 Å². The van der Waals surface area contributed by atoms with E-state index in [0.29, 0.717) is 11.4 Å². The highest BCUT2D eigenvalue weighted by atomic mass is 16.6. The molecule has 0 unspecified atom stereocenters. The summed E-state index contributed by atoms with van der Waals surface area (Å²) in [7, 11) is 0. The van der Waals surface area contributed by atoms with E-state index >= 15 is 0 Å². The maximum Gasteiger partial charge on any atom is 0.294 e. The number of hydrogen-bond acceptors (Lipinski definition) is 6. The minimum atomic E-state index is -0.534. The van der Waals surface area contributed by atoms with Crippen LogP contribution in [0, 0.1) is 10.1 Å². The zero-order chi connectivity index (χ0) is 12.8. The number of anilines is 2. The number of aliphatic hydroxyl groups is 2. The number of nitro benzene ring substituents is 1. The smallest absolute Gasteiger partial charge is 0.294 e. The van der Waals surface area contributed by atoms with Crippen LogP contribution in [0.3, 0.4) is 0 Å². The molecule has 0 aliphatic rings. The van der Waals surface area contributed by atoms with Crippen molar-refractivity contribution in [1.29, 1.82) is 0 Å². The predicted octanol–water partition coefficient (Wildman–Crippen LogP) is -0.0320. The molecule has 1 aromatic carbocycles. The second-order valence-corrected chi connectivity index (χ2v) is 3.44. The lowest BCUT2D eigenvalue weighted by Crippen LogP contribution is -2.30. The Morgan fingerprint density at radius 2 is 1.88 bits per heavy atom. The Morgan fingerprint density at radius 1 is 1.29 bits per heavy atom. The SMILES string of the molecule is Nc1ccc(N(CCO)CCO)c([N+](=O)[O-])c1. The second kappa shape index (κ2) is 6.02. The Bertz CT molecular complexity index is 391. The van der Waals surface area contributed by atoms with E-state index in [-0.39, 0.29) is 32.0 Å². The molecule has 0 fully saturated rings. The van der Waals surface area contributed by atoms with Crippen molar-refractivity contribution in [1.82, 2.24) is 0 Å². The number of benzene rings is 1. The predicted molar refractivity (Wildman–Crippen MR) is 63.9 cm³/mol. The van der Waals surface area contributed by atoms with Gasteiger partial charge < -0.3 is 20.8 Å². The van der Waals surface area contributed by atoms with Gasteiger partial charge in [0.2, 0.25) is 0 Å². The van der Waals surface area contributed by atoms with Gasteiger partial charge in [-0.25, -0.2) is 0 Å². The van der Waals surface area contributed by atoms with Crippen molar-refractivity contribution < 1.29 is 15.1 Å². The normalized spacial score (nSPS) is 10.2. The zero-order valence-electron chi connectivity index (χ0n) is 9.24. The largest absolute Gasteiger partial charge is 0.399 e. The van der Waals surface area contributed by atoms with Crippen LogP contribution in [0.25, 0.3) is 0 Å². The van der Waals surface area contributed by atoms with E-state index in [0.717, 1.165) is 0 Å². The van der Waals surface area contributed by atoms with Crippen LogP contribution in [0.4, 0.5) is 17.1 Å². The van der Waals surface area contributed by atoms with Crippen LogP contribution < -0.4 is 10.6 Å². The van der Waals surface area contributed by atoms with Gasteiger partial charge in [-0.15, -0.1) is 0 Å². The molecule has 0 bridgehead atoms. The number of nitro groups is 1. The summed E-state index contributed by atoms with van der Waals surface area (Å²) in [6.45, 7) is 0.125.